The number of hydrogen-bond donors (Lipinski definition) is 5. The van der Waals surface area contributed by atoms with Crippen LogP contribution < -0.4 is 21.1 Å². The quantitative estimate of drug-likeness (QED) is 0.170. The number of rotatable bonds is 11. The van der Waals surface area contributed by atoms with Crippen molar-refractivity contribution in [3.05, 3.63) is 83.9 Å². The Kier molecular flexibility index (Phi) is 11.8. The molecule has 1 aliphatic carbocycles. The van der Waals surface area contributed by atoms with Crippen LogP contribution >= 0.6 is 0 Å². The van der Waals surface area contributed by atoms with Gasteiger partial charge < -0.3 is 26.1 Å². The number of amides is 3. The molecule has 0 radical (unpaired) electrons. The van der Waals surface area contributed by atoms with E-state index in [1.54, 1.807) is 43.3 Å². The van der Waals surface area contributed by atoms with Crippen molar-refractivity contribution < 1.29 is 27.5 Å². The van der Waals surface area contributed by atoms with Crippen LogP contribution in [0.1, 0.15) is 64.5 Å². The number of anilines is 1. The van der Waals surface area contributed by atoms with Crippen molar-refractivity contribution >= 4 is 39.3 Å². The number of carbonyl (C=O) groups excluding carboxylic acids is 3. The van der Waals surface area contributed by atoms with Gasteiger partial charge in [-0.05, 0) is 106 Å². The zero-order valence-electron chi connectivity index (χ0n) is 27.8. The summed E-state index contributed by atoms with van der Waals surface area (Å²) < 4.78 is 29.2. The van der Waals surface area contributed by atoms with Gasteiger partial charge in [0.05, 0.1) is 4.90 Å². The van der Waals surface area contributed by atoms with E-state index in [9.17, 15) is 22.8 Å². The van der Waals surface area contributed by atoms with Crippen LogP contribution in [0.25, 0.3) is 11.1 Å². The fourth-order valence-corrected chi connectivity index (χ4v) is 6.23. The molecular weight excluding hydrogens is 630 g/mol. The van der Waals surface area contributed by atoms with Crippen LogP contribution in [0.4, 0.5) is 10.5 Å². The number of sulfonamides is 1. The molecule has 3 aromatic rings. The standard InChI is InChI=1S/C36H45N5O6S/c1-23(37)26-15-17-30(18-16-26)40-34(43)32(20-25-7-5-8-28(19-25)29-9-6-10-31(21-29)48(38,45)46)41-33(42)27-13-11-24(12-14-27)22-39-35(44)47-36(2,3)4/h5-10,15-19,21,24,27,32,37H,11-14,20,22H2,1-4H3,(H,39,44)(H,40,43)(H,41,42)(H2,38,45,46)/t24?,27?,32-/m0/s1. The Morgan fingerprint density at radius 1 is 0.938 bits per heavy atom. The minimum atomic E-state index is -3.89. The third-order valence-electron chi connectivity index (χ3n) is 8.23. The van der Waals surface area contributed by atoms with Crippen LogP contribution in [0, 0.1) is 17.2 Å². The molecule has 4 rings (SSSR count). The van der Waals surface area contributed by atoms with Crippen molar-refractivity contribution in [2.75, 3.05) is 11.9 Å². The molecule has 1 saturated carbocycles. The molecule has 0 aliphatic heterocycles. The Balaban J connectivity index is 1.47. The smallest absolute Gasteiger partial charge is 0.407 e. The Hall–Kier alpha value is -4.55. The fourth-order valence-electron chi connectivity index (χ4n) is 5.67. The van der Waals surface area contributed by atoms with Gasteiger partial charge in [-0.25, -0.2) is 18.4 Å². The highest BCUT2D eigenvalue weighted by molar-refractivity contribution is 7.89. The molecule has 12 heteroatoms. The molecule has 3 amide bonds. The number of primary sulfonamides is 1. The second-order valence-electron chi connectivity index (χ2n) is 13.3. The molecule has 0 unspecified atom stereocenters. The molecule has 48 heavy (non-hydrogen) atoms. The maximum atomic E-state index is 13.7. The molecule has 0 saturated heterocycles. The van der Waals surface area contributed by atoms with Crippen LogP contribution in [0.15, 0.2) is 77.7 Å². The van der Waals surface area contributed by atoms with Gasteiger partial charge in [0, 0.05) is 30.3 Å². The number of nitrogens with one attached hydrogen (secondary N) is 4. The molecule has 1 fully saturated rings. The van der Waals surface area contributed by atoms with Crippen molar-refractivity contribution in [3.63, 3.8) is 0 Å². The summed E-state index contributed by atoms with van der Waals surface area (Å²) in [5.74, 6) is -0.649. The first-order valence-electron chi connectivity index (χ1n) is 16.0. The van der Waals surface area contributed by atoms with Gasteiger partial charge in [0.2, 0.25) is 21.8 Å². The first kappa shape index (κ1) is 36.3. The Morgan fingerprint density at radius 2 is 1.56 bits per heavy atom. The predicted molar refractivity (Wildman–Crippen MR) is 186 cm³/mol. The van der Waals surface area contributed by atoms with E-state index in [-0.39, 0.29) is 35.0 Å². The lowest BCUT2D eigenvalue weighted by Gasteiger charge is -2.29. The molecule has 0 spiro atoms. The molecule has 1 aliphatic rings. The van der Waals surface area contributed by atoms with E-state index in [4.69, 9.17) is 15.3 Å². The van der Waals surface area contributed by atoms with Crippen LogP contribution in [0.2, 0.25) is 0 Å². The minimum Gasteiger partial charge on any atom is -0.444 e. The summed E-state index contributed by atoms with van der Waals surface area (Å²) in [5.41, 5.74) is 3.25. The summed E-state index contributed by atoms with van der Waals surface area (Å²) in [4.78, 5) is 39.3. The summed E-state index contributed by atoms with van der Waals surface area (Å²) in [7, 11) is -3.89. The van der Waals surface area contributed by atoms with Crippen molar-refractivity contribution in [1.29, 1.82) is 5.41 Å². The molecule has 11 nitrogen and oxygen atoms in total. The molecule has 6 N–H and O–H groups in total. The van der Waals surface area contributed by atoms with Crippen LogP contribution in [-0.4, -0.2) is 50.2 Å². The molecule has 1 atom stereocenters. The second-order valence-corrected chi connectivity index (χ2v) is 14.9. The predicted octanol–water partition coefficient (Wildman–Crippen LogP) is 5.39. The first-order chi connectivity index (χ1) is 22.6. The molecule has 0 heterocycles. The van der Waals surface area contributed by atoms with Crippen molar-refractivity contribution in [2.45, 2.75) is 76.3 Å². The monoisotopic (exact) mass is 675 g/mol. The third-order valence-corrected chi connectivity index (χ3v) is 9.14. The van der Waals surface area contributed by atoms with Gasteiger partial charge in [0.1, 0.15) is 11.6 Å². The van der Waals surface area contributed by atoms with E-state index in [0.717, 1.165) is 29.5 Å². The highest BCUT2D eigenvalue weighted by atomic mass is 32.2. The molecule has 256 valence electrons. The number of nitrogens with two attached hydrogens (primary N) is 1. The zero-order chi connectivity index (χ0) is 35.1. The summed E-state index contributed by atoms with van der Waals surface area (Å²) in [6.45, 7) is 7.59. The molecule has 0 bridgehead atoms. The fraction of sp³-hybridized carbons (Fsp3) is 0.389. The number of hydrogen-bond acceptors (Lipinski definition) is 7. The largest absolute Gasteiger partial charge is 0.444 e. The first-order valence-corrected chi connectivity index (χ1v) is 17.6. The average Bonchev–Trinajstić information content (AvgIpc) is 3.03. The van der Waals surface area contributed by atoms with E-state index in [1.807, 2.05) is 45.0 Å². The Labute approximate surface area is 282 Å². The van der Waals surface area contributed by atoms with Gasteiger partial charge in [-0.3, -0.25) is 9.59 Å². The Morgan fingerprint density at radius 3 is 2.17 bits per heavy atom. The lowest BCUT2D eigenvalue weighted by atomic mass is 9.81. The van der Waals surface area contributed by atoms with E-state index >= 15 is 0 Å². The van der Waals surface area contributed by atoms with Gasteiger partial charge >= 0.3 is 6.09 Å². The highest BCUT2D eigenvalue weighted by Gasteiger charge is 2.30. The number of ether oxygens (including phenoxy) is 1. The summed E-state index contributed by atoms with van der Waals surface area (Å²) >= 11 is 0. The van der Waals surface area contributed by atoms with Crippen molar-refractivity contribution in [1.82, 2.24) is 10.6 Å². The maximum Gasteiger partial charge on any atom is 0.407 e. The van der Waals surface area contributed by atoms with E-state index in [1.165, 1.54) is 12.1 Å². The second kappa shape index (κ2) is 15.6. The van der Waals surface area contributed by atoms with Gasteiger partial charge in [0.15, 0.2) is 0 Å². The Bertz CT molecular complexity index is 1740. The van der Waals surface area contributed by atoms with Gasteiger partial charge in [-0.15, -0.1) is 0 Å². The lowest BCUT2D eigenvalue weighted by molar-refractivity contribution is -0.130. The van der Waals surface area contributed by atoms with Crippen molar-refractivity contribution in [3.8, 4) is 11.1 Å². The molecule has 0 aromatic heterocycles. The van der Waals surface area contributed by atoms with Gasteiger partial charge in [-0.2, -0.15) is 0 Å². The number of carbonyl (C=O) groups is 3. The molecular formula is C36H45N5O6S. The molecule has 3 aromatic carbocycles. The van der Waals surface area contributed by atoms with Crippen LogP contribution in [0.3, 0.4) is 0 Å². The summed E-state index contributed by atoms with van der Waals surface area (Å²) in [6, 6.07) is 19.7. The summed E-state index contributed by atoms with van der Waals surface area (Å²) in [5, 5.41) is 21.9. The van der Waals surface area contributed by atoms with Crippen LogP contribution in [0.5, 0.6) is 0 Å². The van der Waals surface area contributed by atoms with Crippen LogP contribution in [-0.2, 0) is 30.8 Å². The normalized spacial score (nSPS) is 17.1. The van der Waals surface area contributed by atoms with E-state index in [2.05, 4.69) is 16.0 Å². The number of alkyl carbamates (subject to hydrolysis) is 1. The van der Waals surface area contributed by atoms with E-state index in [0.29, 0.717) is 36.3 Å². The van der Waals surface area contributed by atoms with E-state index < -0.39 is 27.8 Å². The number of benzene rings is 3. The SMILES string of the molecule is CC(=N)c1ccc(NC(=O)[C@H](Cc2cccc(-c3cccc(S(N)(=O)=O)c3)c2)NC(=O)C2CCC(CNC(=O)OC(C)(C)C)CC2)cc1. The van der Waals surface area contributed by atoms with Gasteiger partial charge in [-0.1, -0.05) is 48.5 Å². The maximum absolute atomic E-state index is 13.7. The minimum absolute atomic E-state index is 0.00510. The average molecular weight is 676 g/mol. The topological polar surface area (TPSA) is 181 Å². The van der Waals surface area contributed by atoms with Crippen molar-refractivity contribution in [2.24, 2.45) is 17.0 Å². The lowest BCUT2D eigenvalue weighted by Crippen LogP contribution is -2.48. The third kappa shape index (κ3) is 10.7. The zero-order valence-corrected chi connectivity index (χ0v) is 28.7. The van der Waals surface area contributed by atoms with Gasteiger partial charge in [0.25, 0.3) is 0 Å². The highest BCUT2D eigenvalue weighted by Crippen LogP contribution is 2.29. The summed E-state index contributed by atoms with van der Waals surface area (Å²) in [6.07, 6.45) is 2.49.